The van der Waals surface area contributed by atoms with Crippen molar-refractivity contribution in [1.82, 2.24) is 14.3 Å². The van der Waals surface area contributed by atoms with Crippen molar-refractivity contribution in [3.63, 3.8) is 0 Å². The molecule has 0 unspecified atom stereocenters. The molecule has 1 aliphatic rings. The van der Waals surface area contributed by atoms with E-state index >= 15 is 0 Å². The van der Waals surface area contributed by atoms with E-state index in [9.17, 15) is 14.4 Å². The number of aromatic nitrogens is 2. The standard InChI is InChI=1S/C29H35N3O5/c1-28(2,3)36-24(33)16-20-21(22-18-31-15-11-10-14-23(31)30-22)17-32(25(20)27(35)37-29(4,5)6)26(34)19-12-8-7-9-13-19/h7-15,18,20-21,25H,16-17H2,1-6H3/t20-,21+,25-/m0/s1. The van der Waals surface area contributed by atoms with Crippen molar-refractivity contribution < 1.29 is 23.9 Å². The van der Waals surface area contributed by atoms with Crippen molar-refractivity contribution in [2.75, 3.05) is 6.54 Å². The van der Waals surface area contributed by atoms with Crippen LogP contribution in [0.3, 0.4) is 0 Å². The molecule has 1 saturated heterocycles. The minimum absolute atomic E-state index is 0.0573. The number of imidazole rings is 1. The third kappa shape index (κ3) is 6.18. The molecule has 0 radical (unpaired) electrons. The first kappa shape index (κ1) is 26.4. The Bertz CT molecular complexity index is 1250. The van der Waals surface area contributed by atoms with Gasteiger partial charge in [0.1, 0.15) is 22.9 Å². The Balaban J connectivity index is 1.79. The lowest BCUT2D eigenvalue weighted by molar-refractivity contribution is -0.162. The number of amides is 1. The van der Waals surface area contributed by atoms with Crippen LogP contribution in [0.15, 0.2) is 60.9 Å². The molecule has 8 heteroatoms. The molecule has 1 fully saturated rings. The first-order valence-electron chi connectivity index (χ1n) is 12.6. The average molecular weight is 506 g/mol. The van der Waals surface area contributed by atoms with E-state index in [0.717, 1.165) is 5.65 Å². The van der Waals surface area contributed by atoms with Crippen LogP contribution in [0.2, 0.25) is 0 Å². The predicted molar refractivity (Wildman–Crippen MR) is 139 cm³/mol. The fraction of sp³-hybridized carbons (Fsp3) is 0.448. The quantitative estimate of drug-likeness (QED) is 0.470. The summed E-state index contributed by atoms with van der Waals surface area (Å²) in [5.41, 5.74) is 0.459. The van der Waals surface area contributed by atoms with E-state index in [4.69, 9.17) is 14.5 Å². The van der Waals surface area contributed by atoms with Gasteiger partial charge in [0.2, 0.25) is 0 Å². The number of nitrogens with zero attached hydrogens (tertiary/aromatic N) is 3. The summed E-state index contributed by atoms with van der Waals surface area (Å²) in [6.45, 7) is 11.0. The van der Waals surface area contributed by atoms with Crippen molar-refractivity contribution in [2.24, 2.45) is 5.92 Å². The SMILES string of the molecule is CC(C)(C)OC(=O)C[C@@H]1[C@@H](C(=O)OC(C)(C)C)N(C(=O)c2ccccc2)C[C@H]1c1cn2ccccc2n1. The van der Waals surface area contributed by atoms with Gasteiger partial charge >= 0.3 is 11.9 Å². The Kier molecular flexibility index (Phi) is 7.13. The highest BCUT2D eigenvalue weighted by molar-refractivity contribution is 5.97. The summed E-state index contributed by atoms with van der Waals surface area (Å²) in [6.07, 6.45) is 3.73. The minimum Gasteiger partial charge on any atom is -0.460 e. The van der Waals surface area contributed by atoms with E-state index < -0.39 is 35.1 Å². The summed E-state index contributed by atoms with van der Waals surface area (Å²) in [5.74, 6) is -2.23. The van der Waals surface area contributed by atoms with E-state index in [1.54, 1.807) is 65.8 Å². The number of carbonyl (C=O) groups excluding carboxylic acids is 3. The molecule has 8 nitrogen and oxygen atoms in total. The average Bonchev–Trinajstić information content (AvgIpc) is 3.38. The molecule has 4 rings (SSSR count). The van der Waals surface area contributed by atoms with Crippen LogP contribution in [0.5, 0.6) is 0 Å². The maximum absolute atomic E-state index is 13.7. The first-order valence-corrected chi connectivity index (χ1v) is 12.6. The number of carbonyl (C=O) groups is 3. The fourth-order valence-electron chi connectivity index (χ4n) is 4.81. The highest BCUT2D eigenvalue weighted by Gasteiger charge is 2.51. The van der Waals surface area contributed by atoms with Crippen LogP contribution in [0, 0.1) is 5.92 Å². The number of hydrogen-bond acceptors (Lipinski definition) is 6. The molecule has 37 heavy (non-hydrogen) atoms. The zero-order valence-corrected chi connectivity index (χ0v) is 22.3. The second kappa shape index (κ2) is 10.00. The predicted octanol–water partition coefficient (Wildman–Crippen LogP) is 4.63. The van der Waals surface area contributed by atoms with Gasteiger partial charge in [-0.05, 0) is 65.8 Å². The van der Waals surface area contributed by atoms with Crippen molar-refractivity contribution in [1.29, 1.82) is 0 Å². The van der Waals surface area contributed by atoms with Crippen LogP contribution in [0.4, 0.5) is 0 Å². The third-order valence-corrected chi connectivity index (χ3v) is 6.17. The van der Waals surface area contributed by atoms with Crippen molar-refractivity contribution in [2.45, 2.75) is 71.1 Å². The van der Waals surface area contributed by atoms with Gasteiger partial charge < -0.3 is 18.8 Å². The topological polar surface area (TPSA) is 90.2 Å². The van der Waals surface area contributed by atoms with E-state index in [0.29, 0.717) is 11.3 Å². The Morgan fingerprint density at radius 3 is 2.19 bits per heavy atom. The summed E-state index contributed by atoms with van der Waals surface area (Å²) >= 11 is 0. The molecule has 196 valence electrons. The van der Waals surface area contributed by atoms with E-state index in [-0.39, 0.29) is 24.8 Å². The van der Waals surface area contributed by atoms with Crippen LogP contribution >= 0.6 is 0 Å². The monoisotopic (exact) mass is 505 g/mol. The molecule has 0 aliphatic carbocycles. The van der Waals surface area contributed by atoms with Gasteiger partial charge in [0.25, 0.3) is 5.91 Å². The Morgan fingerprint density at radius 1 is 0.919 bits per heavy atom. The van der Waals surface area contributed by atoms with Gasteiger partial charge in [0, 0.05) is 36.3 Å². The first-order chi connectivity index (χ1) is 17.3. The largest absolute Gasteiger partial charge is 0.460 e. The molecule has 3 aromatic rings. The molecule has 0 spiro atoms. The summed E-state index contributed by atoms with van der Waals surface area (Å²) in [4.78, 5) is 46.7. The number of rotatable bonds is 5. The molecule has 0 bridgehead atoms. The van der Waals surface area contributed by atoms with Gasteiger partial charge in [-0.15, -0.1) is 0 Å². The lowest BCUT2D eigenvalue weighted by Gasteiger charge is -2.30. The maximum atomic E-state index is 13.7. The Labute approximate surface area is 217 Å². The van der Waals surface area contributed by atoms with Crippen LogP contribution < -0.4 is 0 Å². The Hall–Kier alpha value is -3.68. The molecule has 1 aliphatic heterocycles. The summed E-state index contributed by atoms with van der Waals surface area (Å²) in [6, 6.07) is 13.5. The second-order valence-corrected chi connectivity index (χ2v) is 11.5. The van der Waals surface area contributed by atoms with Crippen LogP contribution in [0.1, 0.15) is 69.9 Å². The van der Waals surface area contributed by atoms with Gasteiger partial charge in [-0.1, -0.05) is 24.3 Å². The number of ether oxygens (including phenoxy) is 2. The molecule has 0 N–H and O–H groups in total. The molecule has 0 saturated carbocycles. The zero-order chi connectivity index (χ0) is 27.0. The van der Waals surface area contributed by atoms with Gasteiger partial charge in [-0.3, -0.25) is 9.59 Å². The number of fused-ring (bicyclic) bond motifs is 1. The van der Waals surface area contributed by atoms with Crippen molar-refractivity contribution >= 4 is 23.5 Å². The summed E-state index contributed by atoms with van der Waals surface area (Å²) < 4.78 is 13.3. The third-order valence-electron chi connectivity index (χ3n) is 6.17. The number of likely N-dealkylation sites (tertiary alicyclic amines) is 1. The minimum atomic E-state index is -0.978. The van der Waals surface area contributed by atoms with Crippen molar-refractivity contribution in [3.05, 3.63) is 72.2 Å². The number of hydrogen-bond donors (Lipinski definition) is 0. The second-order valence-electron chi connectivity index (χ2n) is 11.5. The highest BCUT2D eigenvalue weighted by Crippen LogP contribution is 2.41. The maximum Gasteiger partial charge on any atom is 0.329 e. The van der Waals surface area contributed by atoms with Gasteiger partial charge in [0.15, 0.2) is 0 Å². The molecule has 3 heterocycles. The van der Waals surface area contributed by atoms with E-state index in [1.165, 1.54) is 4.90 Å². The number of pyridine rings is 1. The molecule has 2 aromatic heterocycles. The van der Waals surface area contributed by atoms with Gasteiger partial charge in [-0.25, -0.2) is 9.78 Å². The fourth-order valence-corrected chi connectivity index (χ4v) is 4.81. The molecular weight excluding hydrogens is 470 g/mol. The number of benzene rings is 1. The number of esters is 2. The lowest BCUT2D eigenvalue weighted by atomic mass is 9.85. The normalized spacial score (nSPS) is 20.2. The highest BCUT2D eigenvalue weighted by atomic mass is 16.6. The Morgan fingerprint density at radius 2 is 1.57 bits per heavy atom. The zero-order valence-electron chi connectivity index (χ0n) is 22.3. The van der Waals surface area contributed by atoms with Gasteiger partial charge in [0.05, 0.1) is 12.1 Å². The molecule has 1 amide bonds. The lowest BCUT2D eigenvalue weighted by Crippen LogP contribution is -2.46. The summed E-state index contributed by atoms with van der Waals surface area (Å²) in [7, 11) is 0. The van der Waals surface area contributed by atoms with Crippen LogP contribution in [-0.4, -0.2) is 55.9 Å². The molecule has 3 atom stereocenters. The molecular formula is C29H35N3O5. The van der Waals surface area contributed by atoms with E-state index in [2.05, 4.69) is 0 Å². The van der Waals surface area contributed by atoms with Crippen molar-refractivity contribution in [3.8, 4) is 0 Å². The van der Waals surface area contributed by atoms with Crippen LogP contribution in [0.25, 0.3) is 5.65 Å². The van der Waals surface area contributed by atoms with Gasteiger partial charge in [-0.2, -0.15) is 0 Å². The molecule has 1 aromatic carbocycles. The van der Waals surface area contributed by atoms with Crippen LogP contribution in [-0.2, 0) is 19.1 Å². The van der Waals surface area contributed by atoms with E-state index in [1.807, 2.05) is 41.1 Å². The summed E-state index contributed by atoms with van der Waals surface area (Å²) in [5, 5.41) is 0. The smallest absolute Gasteiger partial charge is 0.329 e.